The molecular formula is C20H27N5O. The summed E-state index contributed by atoms with van der Waals surface area (Å²) in [6, 6.07) is 15.8. The Labute approximate surface area is 155 Å². The summed E-state index contributed by atoms with van der Waals surface area (Å²) in [5, 5.41) is 9.37. The fourth-order valence-corrected chi connectivity index (χ4v) is 2.35. The molecule has 0 bridgehead atoms. The maximum Gasteiger partial charge on any atom is 0.222 e. The molecule has 0 atom stereocenters. The van der Waals surface area contributed by atoms with Crippen molar-refractivity contribution in [3.63, 3.8) is 0 Å². The highest BCUT2D eigenvalue weighted by Gasteiger charge is 2.02. The van der Waals surface area contributed by atoms with E-state index in [0.29, 0.717) is 19.5 Å². The first-order valence-corrected chi connectivity index (χ1v) is 9.00. The summed E-state index contributed by atoms with van der Waals surface area (Å²) in [4.78, 5) is 20.7. The van der Waals surface area contributed by atoms with Crippen molar-refractivity contribution in [3.8, 4) is 0 Å². The van der Waals surface area contributed by atoms with Gasteiger partial charge in [-0.2, -0.15) is 0 Å². The van der Waals surface area contributed by atoms with Crippen molar-refractivity contribution < 1.29 is 4.79 Å². The molecule has 2 aromatic rings. The molecule has 0 aliphatic carbocycles. The molecule has 6 heteroatoms. The van der Waals surface area contributed by atoms with Gasteiger partial charge in [0.25, 0.3) is 0 Å². The Hall–Kier alpha value is -2.89. The molecule has 6 nitrogen and oxygen atoms in total. The van der Waals surface area contributed by atoms with Gasteiger partial charge in [-0.15, -0.1) is 0 Å². The minimum Gasteiger partial charge on any atom is -0.357 e. The predicted molar refractivity (Wildman–Crippen MR) is 105 cm³/mol. The Morgan fingerprint density at radius 2 is 1.85 bits per heavy atom. The van der Waals surface area contributed by atoms with Crippen LogP contribution in [0.2, 0.25) is 0 Å². The van der Waals surface area contributed by atoms with Gasteiger partial charge in [0.05, 0.1) is 6.54 Å². The summed E-state index contributed by atoms with van der Waals surface area (Å²) in [6.07, 6.45) is 2.98. The molecule has 0 spiro atoms. The van der Waals surface area contributed by atoms with Crippen LogP contribution in [0.25, 0.3) is 0 Å². The summed E-state index contributed by atoms with van der Waals surface area (Å²) in [6.45, 7) is 4.52. The third kappa shape index (κ3) is 7.79. The van der Waals surface area contributed by atoms with Gasteiger partial charge in [-0.3, -0.25) is 14.8 Å². The van der Waals surface area contributed by atoms with Crippen LogP contribution in [0.3, 0.4) is 0 Å². The van der Waals surface area contributed by atoms with Gasteiger partial charge >= 0.3 is 0 Å². The van der Waals surface area contributed by atoms with Crippen LogP contribution in [-0.4, -0.2) is 36.5 Å². The summed E-state index contributed by atoms with van der Waals surface area (Å²) in [5.74, 6) is 0.723. The molecular weight excluding hydrogens is 326 g/mol. The molecule has 0 aliphatic heterocycles. The minimum atomic E-state index is 0.00179. The Morgan fingerprint density at radius 1 is 1.04 bits per heavy atom. The number of aliphatic imine (C=N–C) groups is 1. The van der Waals surface area contributed by atoms with Crippen LogP contribution in [0.5, 0.6) is 0 Å². The van der Waals surface area contributed by atoms with E-state index in [2.05, 4.69) is 25.9 Å². The standard InChI is InChI=1S/C20H27N5O/c1-2-21-20(23-14-11-18-10-6-7-13-22-18)24-15-12-19(26)25-16-17-8-4-3-5-9-17/h3-10,13H,2,11-12,14-16H2,1H3,(H,25,26)(H2,21,23,24). The molecule has 0 aliphatic rings. The molecule has 0 unspecified atom stereocenters. The Morgan fingerprint density at radius 3 is 2.58 bits per heavy atom. The van der Waals surface area contributed by atoms with Crippen LogP contribution in [0.1, 0.15) is 24.6 Å². The van der Waals surface area contributed by atoms with Gasteiger partial charge in [0, 0.05) is 44.4 Å². The first-order valence-electron chi connectivity index (χ1n) is 9.00. The van der Waals surface area contributed by atoms with E-state index in [-0.39, 0.29) is 5.91 Å². The zero-order valence-corrected chi connectivity index (χ0v) is 15.2. The third-order valence-electron chi connectivity index (χ3n) is 3.69. The van der Waals surface area contributed by atoms with Crippen LogP contribution in [0.4, 0.5) is 0 Å². The van der Waals surface area contributed by atoms with E-state index in [9.17, 15) is 4.79 Å². The van der Waals surface area contributed by atoms with Gasteiger partial charge in [0.2, 0.25) is 5.91 Å². The van der Waals surface area contributed by atoms with E-state index in [1.165, 1.54) is 0 Å². The summed E-state index contributed by atoms with van der Waals surface area (Å²) in [7, 11) is 0. The number of guanidine groups is 1. The lowest BCUT2D eigenvalue weighted by molar-refractivity contribution is -0.121. The molecule has 1 amide bonds. The van der Waals surface area contributed by atoms with Gasteiger partial charge in [0.15, 0.2) is 5.96 Å². The second-order valence-electron chi connectivity index (χ2n) is 5.77. The van der Waals surface area contributed by atoms with Crippen LogP contribution >= 0.6 is 0 Å². The molecule has 3 N–H and O–H groups in total. The van der Waals surface area contributed by atoms with Gasteiger partial charge in [-0.25, -0.2) is 0 Å². The lowest BCUT2D eigenvalue weighted by Crippen LogP contribution is -2.38. The average Bonchev–Trinajstić information content (AvgIpc) is 2.68. The van der Waals surface area contributed by atoms with E-state index in [1.807, 2.05) is 55.5 Å². The number of hydrogen-bond donors (Lipinski definition) is 3. The largest absolute Gasteiger partial charge is 0.357 e. The lowest BCUT2D eigenvalue weighted by Gasteiger charge is -2.11. The molecule has 0 saturated carbocycles. The molecule has 1 aromatic carbocycles. The van der Waals surface area contributed by atoms with Crippen LogP contribution in [0.15, 0.2) is 59.7 Å². The minimum absolute atomic E-state index is 0.00179. The molecule has 0 fully saturated rings. The van der Waals surface area contributed by atoms with Gasteiger partial charge < -0.3 is 16.0 Å². The number of aromatic nitrogens is 1. The van der Waals surface area contributed by atoms with Crippen molar-refractivity contribution in [1.29, 1.82) is 0 Å². The number of pyridine rings is 1. The van der Waals surface area contributed by atoms with E-state index in [0.717, 1.165) is 36.7 Å². The van der Waals surface area contributed by atoms with Crippen molar-refractivity contribution in [2.75, 3.05) is 19.6 Å². The first-order chi connectivity index (χ1) is 12.8. The van der Waals surface area contributed by atoms with Crippen LogP contribution in [0, 0.1) is 0 Å². The van der Waals surface area contributed by atoms with E-state index >= 15 is 0 Å². The number of amides is 1. The monoisotopic (exact) mass is 353 g/mol. The smallest absolute Gasteiger partial charge is 0.222 e. The highest BCUT2D eigenvalue weighted by Crippen LogP contribution is 1.97. The second kappa shape index (κ2) is 11.6. The van der Waals surface area contributed by atoms with Crippen LogP contribution < -0.4 is 16.0 Å². The molecule has 0 saturated heterocycles. The van der Waals surface area contributed by atoms with Crippen molar-refractivity contribution in [2.45, 2.75) is 26.3 Å². The molecule has 1 aromatic heterocycles. The third-order valence-corrected chi connectivity index (χ3v) is 3.69. The molecule has 2 rings (SSSR count). The number of nitrogens with zero attached hydrogens (tertiary/aromatic N) is 2. The Bertz CT molecular complexity index is 673. The molecule has 0 radical (unpaired) electrons. The number of hydrogen-bond acceptors (Lipinski definition) is 3. The van der Waals surface area contributed by atoms with E-state index in [1.54, 1.807) is 6.20 Å². The van der Waals surface area contributed by atoms with Crippen LogP contribution in [-0.2, 0) is 17.8 Å². The molecule has 138 valence electrons. The average molecular weight is 353 g/mol. The predicted octanol–water partition coefficient (Wildman–Crippen LogP) is 1.89. The number of carbonyl (C=O) groups is 1. The van der Waals surface area contributed by atoms with Crippen molar-refractivity contribution in [3.05, 3.63) is 66.0 Å². The van der Waals surface area contributed by atoms with Gasteiger partial charge in [-0.1, -0.05) is 36.4 Å². The number of nitrogens with one attached hydrogen (secondary N) is 3. The van der Waals surface area contributed by atoms with Gasteiger partial charge in [-0.05, 0) is 24.6 Å². The van der Waals surface area contributed by atoms with Gasteiger partial charge in [0.1, 0.15) is 0 Å². The van der Waals surface area contributed by atoms with E-state index < -0.39 is 0 Å². The summed E-state index contributed by atoms with van der Waals surface area (Å²) < 4.78 is 0. The number of benzene rings is 1. The fourth-order valence-electron chi connectivity index (χ4n) is 2.35. The second-order valence-corrected chi connectivity index (χ2v) is 5.77. The topological polar surface area (TPSA) is 78.4 Å². The first kappa shape index (κ1) is 19.4. The lowest BCUT2D eigenvalue weighted by atomic mass is 10.2. The summed E-state index contributed by atoms with van der Waals surface area (Å²) >= 11 is 0. The molecule has 1 heterocycles. The SMILES string of the molecule is CCNC(=NCCC(=O)NCc1ccccc1)NCCc1ccccn1. The maximum absolute atomic E-state index is 11.9. The Kier molecular flexibility index (Phi) is 8.69. The van der Waals surface area contributed by atoms with E-state index in [4.69, 9.17) is 0 Å². The van der Waals surface area contributed by atoms with Crippen molar-refractivity contribution in [1.82, 2.24) is 20.9 Å². The normalized spacial score (nSPS) is 11.0. The highest BCUT2D eigenvalue weighted by molar-refractivity contribution is 5.80. The quantitative estimate of drug-likeness (QED) is 0.475. The van der Waals surface area contributed by atoms with Crippen molar-refractivity contribution >= 4 is 11.9 Å². The Balaban J connectivity index is 1.69. The zero-order chi connectivity index (χ0) is 18.5. The number of rotatable bonds is 9. The zero-order valence-electron chi connectivity index (χ0n) is 15.2. The highest BCUT2D eigenvalue weighted by atomic mass is 16.1. The maximum atomic E-state index is 11.9. The van der Waals surface area contributed by atoms with Crippen molar-refractivity contribution in [2.24, 2.45) is 4.99 Å². The molecule has 26 heavy (non-hydrogen) atoms. The number of carbonyl (C=O) groups excluding carboxylic acids is 1. The summed E-state index contributed by atoms with van der Waals surface area (Å²) in [5.41, 5.74) is 2.13. The fraction of sp³-hybridized carbons (Fsp3) is 0.350.